The maximum atomic E-state index is 10.4. The summed E-state index contributed by atoms with van der Waals surface area (Å²) < 4.78 is 5.64. The Hall–Kier alpha value is -2.12. The highest BCUT2D eigenvalue weighted by atomic mass is 32.1. The second-order valence-electron chi connectivity index (χ2n) is 6.72. The van der Waals surface area contributed by atoms with Crippen molar-refractivity contribution in [1.29, 1.82) is 0 Å². The number of nitrogens with zero attached hydrogens (tertiary/aromatic N) is 2. The SMILES string of the molecule is CCNC(=NCC(O)c1ccc(OC(C)C)cc1)NCCc1ncc(CC)s1. The van der Waals surface area contributed by atoms with Crippen LogP contribution in [-0.2, 0) is 12.8 Å². The van der Waals surface area contributed by atoms with Crippen LogP contribution in [0.4, 0.5) is 0 Å². The first-order valence-electron chi connectivity index (χ1n) is 9.92. The van der Waals surface area contributed by atoms with Crippen molar-refractivity contribution in [1.82, 2.24) is 15.6 Å². The summed E-state index contributed by atoms with van der Waals surface area (Å²) in [5, 5.41) is 18.1. The number of aliphatic imine (C=N–C) groups is 1. The van der Waals surface area contributed by atoms with Crippen molar-refractivity contribution < 1.29 is 9.84 Å². The Bertz CT molecular complexity index is 728. The zero-order valence-electron chi connectivity index (χ0n) is 17.2. The summed E-state index contributed by atoms with van der Waals surface area (Å²) in [5.41, 5.74) is 0.825. The number of hydrogen-bond donors (Lipinski definition) is 3. The summed E-state index contributed by atoms with van der Waals surface area (Å²) in [6, 6.07) is 7.52. The molecule has 0 fully saturated rings. The molecule has 1 atom stereocenters. The van der Waals surface area contributed by atoms with Gasteiger partial charge in [0.05, 0.1) is 23.8 Å². The average Bonchev–Trinajstić information content (AvgIpc) is 3.14. The highest BCUT2D eigenvalue weighted by Gasteiger charge is 2.09. The smallest absolute Gasteiger partial charge is 0.191 e. The molecule has 1 heterocycles. The van der Waals surface area contributed by atoms with Gasteiger partial charge in [-0.2, -0.15) is 0 Å². The topological polar surface area (TPSA) is 78.8 Å². The number of aliphatic hydroxyl groups excluding tert-OH is 1. The Kier molecular flexibility index (Phi) is 9.23. The van der Waals surface area contributed by atoms with E-state index < -0.39 is 6.10 Å². The van der Waals surface area contributed by atoms with Crippen molar-refractivity contribution in [3.8, 4) is 5.75 Å². The molecule has 1 aromatic carbocycles. The number of nitrogens with one attached hydrogen (secondary N) is 2. The molecule has 1 aromatic heterocycles. The zero-order chi connectivity index (χ0) is 20.4. The van der Waals surface area contributed by atoms with Gasteiger partial charge < -0.3 is 20.5 Å². The molecular weight excluding hydrogens is 372 g/mol. The average molecular weight is 405 g/mol. The number of aliphatic hydroxyl groups is 1. The second kappa shape index (κ2) is 11.7. The van der Waals surface area contributed by atoms with Gasteiger partial charge in [0.15, 0.2) is 5.96 Å². The summed E-state index contributed by atoms with van der Waals surface area (Å²) >= 11 is 1.76. The number of guanidine groups is 1. The third-order valence-electron chi connectivity index (χ3n) is 3.98. The highest BCUT2D eigenvalue weighted by Crippen LogP contribution is 2.19. The number of benzene rings is 1. The molecule has 0 aliphatic heterocycles. The summed E-state index contributed by atoms with van der Waals surface area (Å²) in [7, 11) is 0. The van der Waals surface area contributed by atoms with Gasteiger partial charge in [-0.3, -0.25) is 4.99 Å². The molecule has 28 heavy (non-hydrogen) atoms. The number of rotatable bonds is 10. The minimum atomic E-state index is -0.658. The van der Waals surface area contributed by atoms with Gasteiger partial charge in [-0.05, 0) is 44.9 Å². The molecule has 7 heteroatoms. The van der Waals surface area contributed by atoms with Crippen molar-refractivity contribution in [2.45, 2.75) is 52.7 Å². The molecule has 0 aliphatic rings. The van der Waals surface area contributed by atoms with E-state index in [4.69, 9.17) is 4.74 Å². The minimum Gasteiger partial charge on any atom is -0.491 e. The number of thiazole rings is 1. The van der Waals surface area contributed by atoms with Gasteiger partial charge in [0.2, 0.25) is 0 Å². The van der Waals surface area contributed by atoms with Crippen LogP contribution in [0.3, 0.4) is 0 Å². The lowest BCUT2D eigenvalue weighted by molar-refractivity contribution is 0.186. The lowest BCUT2D eigenvalue weighted by Gasteiger charge is -2.14. The highest BCUT2D eigenvalue weighted by molar-refractivity contribution is 7.11. The van der Waals surface area contributed by atoms with Gasteiger partial charge in [0, 0.05) is 30.6 Å². The van der Waals surface area contributed by atoms with Gasteiger partial charge in [-0.1, -0.05) is 19.1 Å². The fourth-order valence-electron chi connectivity index (χ4n) is 2.58. The maximum absolute atomic E-state index is 10.4. The van der Waals surface area contributed by atoms with E-state index in [2.05, 4.69) is 27.5 Å². The normalized spacial score (nSPS) is 12.9. The van der Waals surface area contributed by atoms with E-state index in [1.54, 1.807) is 11.3 Å². The van der Waals surface area contributed by atoms with Gasteiger partial charge >= 0.3 is 0 Å². The molecule has 0 bridgehead atoms. The molecule has 0 saturated heterocycles. The van der Waals surface area contributed by atoms with Crippen molar-refractivity contribution >= 4 is 17.3 Å². The fourth-order valence-corrected chi connectivity index (χ4v) is 3.44. The van der Waals surface area contributed by atoms with Gasteiger partial charge in [0.1, 0.15) is 5.75 Å². The first-order chi connectivity index (χ1) is 13.5. The first kappa shape index (κ1) is 22.2. The Morgan fingerprint density at radius 1 is 1.21 bits per heavy atom. The van der Waals surface area contributed by atoms with Crippen molar-refractivity contribution in [2.75, 3.05) is 19.6 Å². The van der Waals surface area contributed by atoms with Crippen LogP contribution in [0, 0.1) is 0 Å². The van der Waals surface area contributed by atoms with Crippen LogP contribution >= 0.6 is 11.3 Å². The predicted molar refractivity (Wildman–Crippen MR) is 116 cm³/mol. The van der Waals surface area contributed by atoms with Crippen LogP contribution < -0.4 is 15.4 Å². The molecule has 0 saturated carbocycles. The Morgan fingerprint density at radius 3 is 2.57 bits per heavy atom. The summed E-state index contributed by atoms with van der Waals surface area (Å²) in [4.78, 5) is 10.3. The molecule has 0 amide bonds. The molecule has 2 aromatic rings. The van der Waals surface area contributed by atoms with Crippen LogP contribution in [-0.4, -0.2) is 41.8 Å². The van der Waals surface area contributed by atoms with Gasteiger partial charge in [-0.25, -0.2) is 4.98 Å². The quantitative estimate of drug-likeness (QED) is 0.418. The molecule has 0 spiro atoms. The molecule has 154 valence electrons. The van der Waals surface area contributed by atoms with Gasteiger partial charge in [0.25, 0.3) is 0 Å². The third-order valence-corrected chi connectivity index (χ3v) is 5.19. The Labute approximate surface area is 172 Å². The van der Waals surface area contributed by atoms with Gasteiger partial charge in [-0.15, -0.1) is 11.3 Å². The molecular formula is C21H32N4O2S. The van der Waals surface area contributed by atoms with E-state index in [0.29, 0.717) is 5.96 Å². The van der Waals surface area contributed by atoms with Crippen molar-refractivity contribution in [3.05, 3.63) is 45.9 Å². The molecule has 1 unspecified atom stereocenters. The number of ether oxygens (including phenoxy) is 1. The summed E-state index contributed by atoms with van der Waals surface area (Å²) in [6.07, 6.45) is 3.31. The molecule has 0 aliphatic carbocycles. The number of aromatic nitrogens is 1. The van der Waals surface area contributed by atoms with Crippen LogP contribution in [0.2, 0.25) is 0 Å². The maximum Gasteiger partial charge on any atom is 0.191 e. The van der Waals surface area contributed by atoms with E-state index in [9.17, 15) is 5.11 Å². The molecule has 3 N–H and O–H groups in total. The zero-order valence-corrected chi connectivity index (χ0v) is 18.1. The molecule has 0 radical (unpaired) electrons. The van der Waals surface area contributed by atoms with E-state index in [1.807, 2.05) is 51.2 Å². The first-order valence-corrected chi connectivity index (χ1v) is 10.7. The Balaban J connectivity index is 1.86. The lowest BCUT2D eigenvalue weighted by Crippen LogP contribution is -2.38. The largest absolute Gasteiger partial charge is 0.491 e. The van der Waals surface area contributed by atoms with Crippen LogP contribution in [0.15, 0.2) is 35.5 Å². The summed E-state index contributed by atoms with van der Waals surface area (Å²) in [6.45, 7) is 9.95. The number of hydrogen-bond acceptors (Lipinski definition) is 5. The lowest BCUT2D eigenvalue weighted by atomic mass is 10.1. The van der Waals surface area contributed by atoms with Crippen molar-refractivity contribution in [3.63, 3.8) is 0 Å². The van der Waals surface area contributed by atoms with Crippen LogP contribution in [0.1, 0.15) is 49.2 Å². The summed E-state index contributed by atoms with van der Waals surface area (Å²) in [5.74, 6) is 1.51. The third kappa shape index (κ3) is 7.48. The van der Waals surface area contributed by atoms with E-state index in [0.717, 1.165) is 42.3 Å². The van der Waals surface area contributed by atoms with E-state index >= 15 is 0 Å². The fraction of sp³-hybridized carbons (Fsp3) is 0.524. The predicted octanol–water partition coefficient (Wildman–Crippen LogP) is 3.32. The van der Waals surface area contributed by atoms with E-state index in [-0.39, 0.29) is 12.6 Å². The monoisotopic (exact) mass is 404 g/mol. The second-order valence-corrected chi connectivity index (χ2v) is 7.92. The number of aryl methyl sites for hydroxylation is 1. The van der Waals surface area contributed by atoms with Crippen molar-refractivity contribution in [2.24, 2.45) is 4.99 Å². The Morgan fingerprint density at radius 2 is 1.96 bits per heavy atom. The minimum absolute atomic E-state index is 0.132. The molecule has 2 rings (SSSR count). The van der Waals surface area contributed by atoms with E-state index in [1.165, 1.54) is 4.88 Å². The standard InChI is InChI=1S/C21H32N4O2S/c1-5-18-13-24-20(28-18)11-12-23-21(22-6-2)25-14-19(26)16-7-9-17(10-8-16)27-15(3)4/h7-10,13,15,19,26H,5-6,11-12,14H2,1-4H3,(H2,22,23,25). The molecule has 6 nitrogen and oxygen atoms in total. The van der Waals surface area contributed by atoms with Crippen LogP contribution in [0.25, 0.3) is 0 Å². The van der Waals surface area contributed by atoms with Crippen LogP contribution in [0.5, 0.6) is 5.75 Å².